The van der Waals surface area contributed by atoms with Crippen LogP contribution in [0.3, 0.4) is 0 Å². The lowest BCUT2D eigenvalue weighted by Gasteiger charge is -1.88. The SMILES string of the molecule is C=CC/C=C\OCC. The minimum Gasteiger partial charge on any atom is -0.502 e. The molecule has 0 fully saturated rings. The molecular formula is C7H12O. The molecule has 0 aromatic heterocycles. The molecule has 0 saturated carbocycles. The molecule has 0 N–H and O–H groups in total. The first kappa shape index (κ1) is 7.28. The minimum absolute atomic E-state index is 0.744. The molecule has 0 atom stereocenters. The molecule has 1 nitrogen and oxygen atoms in total. The van der Waals surface area contributed by atoms with Crippen LogP contribution >= 0.6 is 0 Å². The van der Waals surface area contributed by atoms with Crippen LogP contribution in [-0.2, 0) is 4.74 Å². The molecule has 0 heterocycles. The Balaban J connectivity index is 2.94. The van der Waals surface area contributed by atoms with Crippen molar-refractivity contribution in [3.8, 4) is 0 Å². The van der Waals surface area contributed by atoms with Gasteiger partial charge in [-0.3, -0.25) is 0 Å². The summed E-state index contributed by atoms with van der Waals surface area (Å²) in [6.07, 6.45) is 6.34. The molecule has 0 rings (SSSR count). The number of ether oxygens (including phenoxy) is 1. The first-order valence-electron chi connectivity index (χ1n) is 2.79. The molecule has 8 heavy (non-hydrogen) atoms. The zero-order chi connectivity index (χ0) is 6.24. The van der Waals surface area contributed by atoms with Gasteiger partial charge in [-0.05, 0) is 19.4 Å². The molecule has 0 aromatic rings. The molecule has 1 heteroatoms. The van der Waals surface area contributed by atoms with Gasteiger partial charge in [0.1, 0.15) is 0 Å². The standard InChI is InChI=1S/C7H12O/c1-3-5-6-7-8-4-2/h3,6-7H,1,4-5H2,2H3/b7-6-. The van der Waals surface area contributed by atoms with E-state index in [0.29, 0.717) is 0 Å². The summed E-state index contributed by atoms with van der Waals surface area (Å²) in [5.74, 6) is 0. The zero-order valence-electron chi connectivity index (χ0n) is 5.26. The van der Waals surface area contributed by atoms with Crippen LogP contribution in [0.15, 0.2) is 25.0 Å². The summed E-state index contributed by atoms with van der Waals surface area (Å²) in [5.41, 5.74) is 0. The van der Waals surface area contributed by atoms with Gasteiger partial charge in [-0.15, -0.1) is 6.58 Å². The van der Waals surface area contributed by atoms with Gasteiger partial charge in [0, 0.05) is 0 Å². The lowest BCUT2D eigenvalue weighted by atomic mass is 10.4. The van der Waals surface area contributed by atoms with Gasteiger partial charge >= 0.3 is 0 Å². The normalized spacial score (nSPS) is 9.62. The average Bonchev–Trinajstić information content (AvgIpc) is 1.81. The highest BCUT2D eigenvalue weighted by Crippen LogP contribution is 1.82. The van der Waals surface area contributed by atoms with E-state index < -0.39 is 0 Å². The molecule has 46 valence electrons. The van der Waals surface area contributed by atoms with E-state index in [0.717, 1.165) is 13.0 Å². The highest BCUT2D eigenvalue weighted by Gasteiger charge is 1.67. The van der Waals surface area contributed by atoms with Crippen molar-refractivity contribution in [2.24, 2.45) is 0 Å². The summed E-state index contributed by atoms with van der Waals surface area (Å²) in [5, 5.41) is 0. The van der Waals surface area contributed by atoms with Crippen LogP contribution in [-0.4, -0.2) is 6.61 Å². The van der Waals surface area contributed by atoms with E-state index in [9.17, 15) is 0 Å². The molecule has 0 aromatic carbocycles. The third kappa shape index (κ3) is 5.28. The maximum Gasteiger partial charge on any atom is 0.0845 e. The van der Waals surface area contributed by atoms with Crippen LogP contribution in [0, 0.1) is 0 Å². The number of hydrogen-bond acceptors (Lipinski definition) is 1. The Morgan fingerprint density at radius 1 is 1.62 bits per heavy atom. The number of hydrogen-bond donors (Lipinski definition) is 0. The van der Waals surface area contributed by atoms with Gasteiger partial charge in [0.15, 0.2) is 0 Å². The van der Waals surface area contributed by atoms with Gasteiger partial charge in [0.05, 0.1) is 12.9 Å². The zero-order valence-corrected chi connectivity index (χ0v) is 5.26. The van der Waals surface area contributed by atoms with Gasteiger partial charge in [0.25, 0.3) is 0 Å². The highest BCUT2D eigenvalue weighted by molar-refractivity contribution is 4.83. The summed E-state index contributed by atoms with van der Waals surface area (Å²) >= 11 is 0. The number of allylic oxidation sites excluding steroid dienone is 2. The van der Waals surface area contributed by atoms with E-state index in [1.165, 1.54) is 0 Å². The summed E-state index contributed by atoms with van der Waals surface area (Å²) in [4.78, 5) is 0. The molecule has 0 bridgehead atoms. The molecular weight excluding hydrogens is 100 g/mol. The fourth-order valence-electron chi connectivity index (χ4n) is 0.316. The summed E-state index contributed by atoms with van der Waals surface area (Å²) < 4.78 is 4.91. The van der Waals surface area contributed by atoms with Crippen molar-refractivity contribution in [1.82, 2.24) is 0 Å². The third-order valence-corrected chi connectivity index (χ3v) is 0.662. The Labute approximate surface area is 50.7 Å². The second-order valence-corrected chi connectivity index (χ2v) is 1.35. The van der Waals surface area contributed by atoms with Crippen molar-refractivity contribution in [1.29, 1.82) is 0 Å². The van der Waals surface area contributed by atoms with Crippen LogP contribution in [0.1, 0.15) is 13.3 Å². The molecule has 0 radical (unpaired) electrons. The van der Waals surface area contributed by atoms with Crippen LogP contribution in [0.2, 0.25) is 0 Å². The van der Waals surface area contributed by atoms with E-state index in [4.69, 9.17) is 4.74 Å². The molecule has 0 amide bonds. The Hall–Kier alpha value is -0.720. The molecule has 0 unspecified atom stereocenters. The second kappa shape index (κ2) is 6.28. The van der Waals surface area contributed by atoms with E-state index in [1.807, 2.05) is 19.1 Å². The molecule has 0 aliphatic heterocycles. The Kier molecular flexibility index (Phi) is 5.71. The quantitative estimate of drug-likeness (QED) is 0.400. The molecule has 0 aliphatic rings. The average molecular weight is 112 g/mol. The van der Waals surface area contributed by atoms with Gasteiger partial charge in [-0.25, -0.2) is 0 Å². The van der Waals surface area contributed by atoms with Gasteiger partial charge in [-0.2, -0.15) is 0 Å². The van der Waals surface area contributed by atoms with Crippen molar-refractivity contribution in [2.45, 2.75) is 13.3 Å². The predicted molar refractivity (Wildman–Crippen MR) is 35.6 cm³/mol. The Bertz CT molecular complexity index is 74.5. The molecule has 0 saturated heterocycles. The van der Waals surface area contributed by atoms with Crippen molar-refractivity contribution in [3.05, 3.63) is 25.0 Å². The van der Waals surface area contributed by atoms with Crippen LogP contribution in [0.25, 0.3) is 0 Å². The van der Waals surface area contributed by atoms with E-state index >= 15 is 0 Å². The van der Waals surface area contributed by atoms with Crippen molar-refractivity contribution in [3.63, 3.8) is 0 Å². The minimum atomic E-state index is 0.744. The highest BCUT2D eigenvalue weighted by atomic mass is 16.5. The topological polar surface area (TPSA) is 9.23 Å². The van der Waals surface area contributed by atoms with Crippen LogP contribution in [0.5, 0.6) is 0 Å². The summed E-state index contributed by atoms with van der Waals surface area (Å²) in [6, 6.07) is 0. The molecule has 0 aliphatic carbocycles. The van der Waals surface area contributed by atoms with Gasteiger partial charge in [-0.1, -0.05) is 6.08 Å². The van der Waals surface area contributed by atoms with E-state index in [2.05, 4.69) is 6.58 Å². The van der Waals surface area contributed by atoms with Crippen molar-refractivity contribution < 1.29 is 4.74 Å². The number of rotatable bonds is 4. The third-order valence-electron chi connectivity index (χ3n) is 0.662. The maximum absolute atomic E-state index is 4.91. The predicted octanol–water partition coefficient (Wildman–Crippen LogP) is 2.11. The lowest BCUT2D eigenvalue weighted by molar-refractivity contribution is 0.268. The fourth-order valence-corrected chi connectivity index (χ4v) is 0.316. The first-order valence-corrected chi connectivity index (χ1v) is 2.79. The Morgan fingerprint density at radius 2 is 2.38 bits per heavy atom. The Morgan fingerprint density at radius 3 is 2.88 bits per heavy atom. The van der Waals surface area contributed by atoms with E-state index in [-0.39, 0.29) is 0 Å². The first-order chi connectivity index (χ1) is 3.91. The van der Waals surface area contributed by atoms with Gasteiger partial charge in [0.2, 0.25) is 0 Å². The summed E-state index contributed by atoms with van der Waals surface area (Å²) in [6.45, 7) is 6.25. The smallest absolute Gasteiger partial charge is 0.0845 e. The van der Waals surface area contributed by atoms with Crippen LogP contribution in [0.4, 0.5) is 0 Å². The van der Waals surface area contributed by atoms with Crippen LogP contribution < -0.4 is 0 Å². The summed E-state index contributed by atoms with van der Waals surface area (Å²) in [7, 11) is 0. The fraction of sp³-hybridized carbons (Fsp3) is 0.429. The monoisotopic (exact) mass is 112 g/mol. The maximum atomic E-state index is 4.91. The lowest BCUT2D eigenvalue weighted by Crippen LogP contribution is -1.74. The van der Waals surface area contributed by atoms with Crippen molar-refractivity contribution in [2.75, 3.05) is 6.61 Å². The molecule has 0 spiro atoms. The van der Waals surface area contributed by atoms with E-state index in [1.54, 1.807) is 6.26 Å². The van der Waals surface area contributed by atoms with Gasteiger partial charge < -0.3 is 4.74 Å². The largest absolute Gasteiger partial charge is 0.502 e. The second-order valence-electron chi connectivity index (χ2n) is 1.35. The van der Waals surface area contributed by atoms with Crippen molar-refractivity contribution >= 4 is 0 Å².